The standard InChI is InChI=1S/C20H15N5OS/c1-3-15-19(23-18-8-12(10-21)6-7-24(15)18)14-11-25-16-5-4-13(26-2)9-17(16)27-20(25)22-14/h4-9,11H,3H2,1-2H3. The molecule has 0 saturated carbocycles. The van der Waals surface area contributed by atoms with Crippen LogP contribution in [0.3, 0.4) is 0 Å². The van der Waals surface area contributed by atoms with Crippen molar-refractivity contribution < 1.29 is 4.74 Å². The molecule has 0 atom stereocenters. The fourth-order valence-corrected chi connectivity index (χ4v) is 4.47. The van der Waals surface area contributed by atoms with Crippen molar-refractivity contribution in [3.63, 3.8) is 0 Å². The van der Waals surface area contributed by atoms with Crippen molar-refractivity contribution in [1.29, 1.82) is 5.26 Å². The number of imidazole rings is 2. The first-order chi connectivity index (χ1) is 13.2. The molecule has 0 N–H and O–H groups in total. The van der Waals surface area contributed by atoms with E-state index in [1.54, 1.807) is 18.4 Å². The van der Waals surface area contributed by atoms with Gasteiger partial charge in [-0.3, -0.25) is 4.40 Å². The molecular weight excluding hydrogens is 358 g/mol. The van der Waals surface area contributed by atoms with Crippen molar-refractivity contribution in [2.24, 2.45) is 0 Å². The predicted octanol–water partition coefficient (Wildman–Crippen LogP) is 4.31. The van der Waals surface area contributed by atoms with Crippen LogP contribution in [0.4, 0.5) is 0 Å². The molecule has 4 heterocycles. The van der Waals surface area contributed by atoms with Gasteiger partial charge in [-0.1, -0.05) is 18.3 Å². The highest BCUT2D eigenvalue weighted by molar-refractivity contribution is 7.23. The summed E-state index contributed by atoms with van der Waals surface area (Å²) >= 11 is 1.63. The number of nitrogens with zero attached hydrogens (tertiary/aromatic N) is 5. The molecule has 0 aliphatic rings. The molecule has 5 aromatic rings. The summed E-state index contributed by atoms with van der Waals surface area (Å²) in [7, 11) is 1.67. The van der Waals surface area contributed by atoms with Gasteiger partial charge >= 0.3 is 0 Å². The Morgan fingerprint density at radius 1 is 1.19 bits per heavy atom. The van der Waals surface area contributed by atoms with Gasteiger partial charge in [0.1, 0.15) is 22.8 Å². The highest BCUT2D eigenvalue weighted by atomic mass is 32.1. The van der Waals surface area contributed by atoms with Crippen LogP contribution in [0.1, 0.15) is 18.2 Å². The fraction of sp³-hybridized carbons (Fsp3) is 0.150. The number of rotatable bonds is 3. The Kier molecular flexibility index (Phi) is 3.42. The van der Waals surface area contributed by atoms with Gasteiger partial charge in [0.15, 0.2) is 4.96 Å². The molecule has 6 nitrogen and oxygen atoms in total. The zero-order chi connectivity index (χ0) is 18.5. The number of aryl methyl sites for hydroxylation is 1. The minimum Gasteiger partial charge on any atom is -0.497 e. The van der Waals surface area contributed by atoms with Crippen molar-refractivity contribution in [2.45, 2.75) is 13.3 Å². The van der Waals surface area contributed by atoms with E-state index in [1.165, 1.54) is 0 Å². The Hall–Kier alpha value is -3.37. The van der Waals surface area contributed by atoms with Crippen molar-refractivity contribution in [1.82, 2.24) is 18.8 Å². The van der Waals surface area contributed by atoms with Gasteiger partial charge in [-0.05, 0) is 36.8 Å². The lowest BCUT2D eigenvalue weighted by atomic mass is 10.2. The van der Waals surface area contributed by atoms with Crippen LogP contribution in [0, 0.1) is 11.3 Å². The van der Waals surface area contributed by atoms with E-state index in [0.717, 1.165) is 50.1 Å². The highest BCUT2D eigenvalue weighted by Gasteiger charge is 2.18. The van der Waals surface area contributed by atoms with Crippen molar-refractivity contribution >= 4 is 32.2 Å². The van der Waals surface area contributed by atoms with Crippen LogP contribution in [0.25, 0.3) is 32.2 Å². The lowest BCUT2D eigenvalue weighted by molar-refractivity contribution is 0.415. The Balaban J connectivity index is 1.72. The van der Waals surface area contributed by atoms with E-state index in [-0.39, 0.29) is 0 Å². The fourth-order valence-electron chi connectivity index (χ4n) is 3.43. The second kappa shape index (κ2) is 5.83. The Morgan fingerprint density at radius 3 is 2.85 bits per heavy atom. The molecule has 7 heteroatoms. The zero-order valence-electron chi connectivity index (χ0n) is 14.8. The number of pyridine rings is 1. The maximum Gasteiger partial charge on any atom is 0.195 e. The summed E-state index contributed by atoms with van der Waals surface area (Å²) in [6, 6.07) is 11.8. The maximum atomic E-state index is 9.14. The molecule has 0 bridgehead atoms. The van der Waals surface area contributed by atoms with E-state index in [1.807, 2.05) is 47.1 Å². The normalized spacial score (nSPS) is 11.4. The topological polar surface area (TPSA) is 67.6 Å². The summed E-state index contributed by atoms with van der Waals surface area (Å²) in [5.41, 5.74) is 5.27. The number of hydrogen-bond donors (Lipinski definition) is 0. The molecule has 132 valence electrons. The highest BCUT2D eigenvalue weighted by Crippen LogP contribution is 2.32. The van der Waals surface area contributed by atoms with Crippen molar-refractivity contribution in [3.8, 4) is 23.2 Å². The third kappa shape index (κ3) is 2.31. The summed E-state index contributed by atoms with van der Waals surface area (Å²) in [6.07, 6.45) is 4.77. The van der Waals surface area contributed by atoms with Gasteiger partial charge in [-0.25, -0.2) is 9.97 Å². The van der Waals surface area contributed by atoms with E-state index < -0.39 is 0 Å². The number of methoxy groups -OCH3 is 1. The maximum absolute atomic E-state index is 9.14. The van der Waals surface area contributed by atoms with Gasteiger partial charge in [-0.2, -0.15) is 5.26 Å². The Bertz CT molecular complexity index is 1370. The molecule has 5 rings (SSSR count). The molecule has 27 heavy (non-hydrogen) atoms. The second-order valence-corrected chi connectivity index (χ2v) is 7.24. The van der Waals surface area contributed by atoms with Gasteiger partial charge in [-0.15, -0.1) is 0 Å². The molecule has 4 aromatic heterocycles. The van der Waals surface area contributed by atoms with Crippen LogP contribution in [-0.2, 0) is 6.42 Å². The smallest absolute Gasteiger partial charge is 0.195 e. The molecule has 1 aromatic carbocycles. The Morgan fingerprint density at radius 2 is 2.07 bits per heavy atom. The molecule has 0 saturated heterocycles. The predicted molar refractivity (Wildman–Crippen MR) is 105 cm³/mol. The average molecular weight is 373 g/mol. The molecule has 0 unspecified atom stereocenters. The van der Waals surface area contributed by atoms with Gasteiger partial charge in [0.25, 0.3) is 0 Å². The van der Waals surface area contributed by atoms with Gasteiger partial charge in [0, 0.05) is 12.4 Å². The first-order valence-corrected chi connectivity index (χ1v) is 9.40. The molecule has 0 radical (unpaired) electrons. The van der Waals surface area contributed by atoms with E-state index in [0.29, 0.717) is 5.56 Å². The lowest BCUT2D eigenvalue weighted by Crippen LogP contribution is -1.92. The zero-order valence-corrected chi connectivity index (χ0v) is 15.6. The lowest BCUT2D eigenvalue weighted by Gasteiger charge is -2.00. The van der Waals surface area contributed by atoms with Gasteiger partial charge < -0.3 is 9.14 Å². The molecule has 0 aliphatic carbocycles. The summed E-state index contributed by atoms with van der Waals surface area (Å²) in [6.45, 7) is 2.10. The second-order valence-electron chi connectivity index (χ2n) is 6.23. The van der Waals surface area contributed by atoms with Crippen LogP contribution in [0.2, 0.25) is 0 Å². The number of benzene rings is 1. The SMILES string of the molecule is CCc1c(-c2cn3c(n2)sc2cc(OC)ccc23)nc2cc(C#N)ccn12. The number of nitriles is 1. The first-order valence-electron chi connectivity index (χ1n) is 8.59. The summed E-state index contributed by atoms with van der Waals surface area (Å²) in [5.74, 6) is 0.842. The number of ether oxygens (including phenoxy) is 1. The molecule has 0 spiro atoms. The Labute approximate surface area is 158 Å². The van der Waals surface area contributed by atoms with Crippen LogP contribution < -0.4 is 4.74 Å². The summed E-state index contributed by atoms with van der Waals surface area (Å²) in [5, 5.41) is 9.14. The van der Waals surface area contributed by atoms with Crippen molar-refractivity contribution in [3.05, 3.63) is 54.0 Å². The van der Waals surface area contributed by atoms with Crippen LogP contribution in [0.15, 0.2) is 42.7 Å². The van der Waals surface area contributed by atoms with Crippen LogP contribution in [-0.4, -0.2) is 25.9 Å². The van der Waals surface area contributed by atoms with E-state index in [4.69, 9.17) is 20.0 Å². The minimum absolute atomic E-state index is 0.604. The third-order valence-corrected chi connectivity index (χ3v) is 5.75. The average Bonchev–Trinajstić information content (AvgIpc) is 3.36. The van der Waals surface area contributed by atoms with E-state index >= 15 is 0 Å². The summed E-state index contributed by atoms with van der Waals surface area (Å²) < 4.78 is 10.6. The van der Waals surface area contributed by atoms with E-state index in [2.05, 4.69) is 17.4 Å². The van der Waals surface area contributed by atoms with Crippen LogP contribution in [0.5, 0.6) is 5.75 Å². The minimum atomic E-state index is 0.604. The summed E-state index contributed by atoms with van der Waals surface area (Å²) in [4.78, 5) is 10.5. The van der Waals surface area contributed by atoms with Gasteiger partial charge in [0.05, 0.1) is 34.7 Å². The van der Waals surface area contributed by atoms with E-state index in [9.17, 15) is 0 Å². The molecule has 0 aliphatic heterocycles. The van der Waals surface area contributed by atoms with Crippen LogP contribution >= 0.6 is 11.3 Å². The first kappa shape index (κ1) is 15.9. The number of aromatic nitrogens is 4. The number of hydrogen-bond acceptors (Lipinski definition) is 5. The van der Waals surface area contributed by atoms with Crippen molar-refractivity contribution in [2.75, 3.05) is 7.11 Å². The largest absolute Gasteiger partial charge is 0.497 e. The molecule has 0 fully saturated rings. The van der Waals surface area contributed by atoms with Gasteiger partial charge in [0.2, 0.25) is 0 Å². The third-order valence-electron chi connectivity index (χ3n) is 4.73. The number of fused-ring (bicyclic) bond motifs is 4. The molecule has 0 amide bonds. The quantitative estimate of drug-likeness (QED) is 0.473. The number of thiazole rings is 1. The molecular formula is C20H15N5OS. The monoisotopic (exact) mass is 373 g/mol.